The predicted octanol–water partition coefficient (Wildman–Crippen LogP) is 6.91. The van der Waals surface area contributed by atoms with E-state index >= 15 is 0 Å². The molecule has 45 heavy (non-hydrogen) atoms. The lowest BCUT2D eigenvalue weighted by Crippen LogP contribution is -2.60. The Morgan fingerprint density at radius 1 is 0.756 bits per heavy atom. The van der Waals surface area contributed by atoms with Crippen molar-refractivity contribution in [2.24, 2.45) is 0 Å². The van der Waals surface area contributed by atoms with Crippen molar-refractivity contribution in [3.63, 3.8) is 0 Å². The highest BCUT2D eigenvalue weighted by atomic mass is 32.2. The Labute approximate surface area is 248 Å². The number of aliphatic hydroxyl groups is 1. The van der Waals surface area contributed by atoms with Crippen LogP contribution in [0.3, 0.4) is 0 Å². The lowest BCUT2D eigenvalue weighted by atomic mass is 10.0. The Morgan fingerprint density at radius 2 is 1.29 bits per heavy atom. The summed E-state index contributed by atoms with van der Waals surface area (Å²) in [6, 6.07) is 13.1. The molecule has 7 nitrogen and oxygen atoms in total. The minimum atomic E-state index is -6.55. The van der Waals surface area contributed by atoms with Gasteiger partial charge in [0.25, 0.3) is 11.7 Å². The van der Waals surface area contributed by atoms with Crippen molar-refractivity contribution in [3.8, 4) is 23.0 Å². The van der Waals surface area contributed by atoms with Gasteiger partial charge < -0.3 is 19.3 Å². The van der Waals surface area contributed by atoms with Crippen LogP contribution in [0.4, 0.5) is 48.3 Å². The monoisotopic (exact) mass is 701 g/mol. The second kappa shape index (κ2) is 11.4. The number of rotatable bonds is 8. The van der Waals surface area contributed by atoms with Gasteiger partial charge in [-0.15, -0.1) is 0 Å². The normalized spacial score (nSPS) is 16.7. The van der Waals surface area contributed by atoms with Crippen LogP contribution in [0.25, 0.3) is 0 Å². The molecule has 246 valence electrons. The summed E-state index contributed by atoms with van der Waals surface area (Å²) in [5.74, 6) is -1.41. The first kappa shape index (κ1) is 34.4. The van der Waals surface area contributed by atoms with Crippen molar-refractivity contribution in [2.75, 3.05) is 6.61 Å². The van der Waals surface area contributed by atoms with Crippen LogP contribution < -0.4 is 14.2 Å². The third kappa shape index (κ3) is 6.59. The molecular weight excluding hydrogens is 685 g/mol. The molecule has 1 heterocycles. The van der Waals surface area contributed by atoms with E-state index in [9.17, 15) is 61.8 Å². The van der Waals surface area contributed by atoms with Gasteiger partial charge in [-0.05, 0) is 42.5 Å². The lowest BCUT2D eigenvalue weighted by molar-refractivity contribution is -0.373. The third-order valence-electron chi connectivity index (χ3n) is 6.07. The fraction of sp³-hybridized carbons (Fsp3) is 0.280. The van der Waals surface area contributed by atoms with Crippen molar-refractivity contribution in [3.05, 3.63) is 66.7 Å². The maximum Gasteiger partial charge on any atom is 0.432 e. The molecule has 0 saturated carbocycles. The Hall–Kier alpha value is -3.49. The molecule has 20 heteroatoms. The van der Waals surface area contributed by atoms with E-state index in [0.29, 0.717) is 4.90 Å². The van der Waals surface area contributed by atoms with Crippen molar-refractivity contribution in [1.29, 1.82) is 0 Å². The number of alkyl halides is 11. The van der Waals surface area contributed by atoms with Crippen LogP contribution >= 0.6 is 0 Å². The van der Waals surface area contributed by atoms with Crippen molar-refractivity contribution < 1.29 is 80.6 Å². The number of fused-ring (bicyclic) bond motifs is 2. The lowest BCUT2D eigenvalue weighted by Gasteiger charge is -2.31. The molecule has 0 amide bonds. The van der Waals surface area contributed by atoms with Crippen LogP contribution in [0.15, 0.2) is 81.4 Å². The van der Waals surface area contributed by atoms with E-state index in [1.54, 1.807) is 12.1 Å². The van der Waals surface area contributed by atoms with Gasteiger partial charge in [-0.25, -0.2) is 0 Å². The summed E-state index contributed by atoms with van der Waals surface area (Å²) in [5.41, 5.74) is -5.20. The molecule has 0 spiro atoms. The predicted molar refractivity (Wildman–Crippen MR) is 131 cm³/mol. The quantitative estimate of drug-likeness (QED) is 0.117. The molecule has 0 aromatic heterocycles. The van der Waals surface area contributed by atoms with Crippen LogP contribution in [-0.4, -0.2) is 60.2 Å². The number of ether oxygens (including phenoxy) is 3. The summed E-state index contributed by atoms with van der Waals surface area (Å²) < 4.78 is 191. The van der Waals surface area contributed by atoms with Gasteiger partial charge in [-0.1, -0.05) is 12.1 Å². The average Bonchev–Trinajstić information content (AvgIpc) is 2.91. The molecule has 3 aromatic carbocycles. The highest BCUT2D eigenvalue weighted by molar-refractivity contribution is 7.97. The number of halogens is 11. The number of para-hydroxylation sites is 1. The van der Waals surface area contributed by atoms with Gasteiger partial charge in [-0.2, -0.15) is 56.7 Å². The van der Waals surface area contributed by atoms with Gasteiger partial charge in [0.1, 0.15) is 29.0 Å². The standard InChI is InChI=1S/C25H15F11O7S2/c26-22(27,28)20(23(29,30)45(38,39)40)42-13-5-8-15(9-6-13)44-18-4-2-1-3-16(18)43-17-11-14(7-10-19(17)44)41-12-21(37,24(31,32)33)25(34,35)36/h1-11,20,37H,12H2/p+1. The molecule has 0 fully saturated rings. The van der Waals surface area contributed by atoms with Gasteiger partial charge in [0.2, 0.25) is 9.79 Å². The van der Waals surface area contributed by atoms with Gasteiger partial charge in [0, 0.05) is 12.1 Å². The zero-order valence-corrected chi connectivity index (χ0v) is 23.2. The molecule has 4 rings (SSSR count). The largest absolute Gasteiger partial charge is 0.490 e. The maximum absolute atomic E-state index is 13.9. The fourth-order valence-corrected chi connectivity index (χ4v) is 6.42. The van der Waals surface area contributed by atoms with E-state index in [0.717, 1.165) is 36.4 Å². The zero-order chi connectivity index (χ0) is 33.8. The second-order valence-corrected chi connectivity index (χ2v) is 12.6. The molecule has 1 aliphatic rings. The average molecular weight is 702 g/mol. The molecule has 2 atom stereocenters. The van der Waals surface area contributed by atoms with Crippen molar-refractivity contribution >= 4 is 21.0 Å². The molecule has 0 radical (unpaired) electrons. The molecule has 1 aliphatic heterocycles. The van der Waals surface area contributed by atoms with Crippen molar-refractivity contribution in [2.45, 2.75) is 50.2 Å². The summed E-state index contributed by atoms with van der Waals surface area (Å²) in [5, 5.41) is 3.57. The van der Waals surface area contributed by atoms with Gasteiger partial charge >= 0.3 is 33.9 Å². The number of hydrogen-bond acceptors (Lipinski definition) is 6. The highest BCUT2D eigenvalue weighted by Crippen LogP contribution is 2.49. The molecule has 0 saturated heterocycles. The smallest absolute Gasteiger partial charge is 0.432 e. The Bertz CT molecular complexity index is 1640. The SMILES string of the molecule is O=S(=O)(O)C(F)(F)C(Oc1ccc([S+]2c3ccccc3Oc3cc(OCC(O)(C(F)(F)F)C(F)(F)F)ccc32)cc1)C(F)(F)F. The third-order valence-corrected chi connectivity index (χ3v) is 9.27. The van der Waals surface area contributed by atoms with E-state index in [1.807, 2.05) is 0 Å². The van der Waals surface area contributed by atoms with Gasteiger partial charge in [0.15, 0.2) is 16.4 Å². The first-order valence-electron chi connectivity index (χ1n) is 11.8. The van der Waals surface area contributed by atoms with Crippen LogP contribution in [0, 0.1) is 0 Å². The fourth-order valence-electron chi connectivity index (χ4n) is 3.78. The first-order valence-corrected chi connectivity index (χ1v) is 14.5. The summed E-state index contributed by atoms with van der Waals surface area (Å²) >= 11 is 0. The molecule has 0 bridgehead atoms. The summed E-state index contributed by atoms with van der Waals surface area (Å²) in [6.07, 6.45) is -22.5. The van der Waals surface area contributed by atoms with Crippen LogP contribution in [0.5, 0.6) is 23.0 Å². The van der Waals surface area contributed by atoms with E-state index in [-0.39, 0.29) is 21.3 Å². The van der Waals surface area contributed by atoms with Crippen LogP contribution in [-0.2, 0) is 21.0 Å². The number of benzene rings is 3. The number of hydrogen-bond donors (Lipinski definition) is 2. The summed E-state index contributed by atoms with van der Waals surface area (Å²) in [4.78, 5) is 0.964. The maximum atomic E-state index is 13.9. The molecular formula is C25H16F11O7S2+. The highest BCUT2D eigenvalue weighted by Gasteiger charge is 2.71. The van der Waals surface area contributed by atoms with E-state index in [2.05, 4.69) is 9.47 Å². The zero-order valence-electron chi connectivity index (χ0n) is 21.5. The van der Waals surface area contributed by atoms with E-state index in [1.165, 1.54) is 18.2 Å². The molecule has 2 N–H and O–H groups in total. The Kier molecular flexibility index (Phi) is 8.70. The molecule has 0 aliphatic carbocycles. The summed E-state index contributed by atoms with van der Waals surface area (Å²) in [7, 11) is -7.79. The topological polar surface area (TPSA) is 102 Å². The minimum absolute atomic E-state index is 0.123. The van der Waals surface area contributed by atoms with Crippen LogP contribution in [0.2, 0.25) is 0 Å². The molecule has 2 unspecified atom stereocenters. The van der Waals surface area contributed by atoms with Crippen molar-refractivity contribution in [1.82, 2.24) is 0 Å². The first-order chi connectivity index (χ1) is 20.5. The van der Waals surface area contributed by atoms with Gasteiger partial charge in [0.05, 0.1) is 0 Å². The van der Waals surface area contributed by atoms with E-state index in [4.69, 9.17) is 9.29 Å². The Balaban J connectivity index is 1.67. The van der Waals surface area contributed by atoms with E-state index < -0.39 is 74.6 Å². The summed E-state index contributed by atoms with van der Waals surface area (Å²) in [6.45, 7) is -2.25. The van der Waals surface area contributed by atoms with Crippen LogP contribution in [0.1, 0.15) is 0 Å². The second-order valence-electron chi connectivity index (χ2n) is 9.16. The Morgan fingerprint density at radius 3 is 1.82 bits per heavy atom. The van der Waals surface area contributed by atoms with Gasteiger partial charge in [-0.3, -0.25) is 4.55 Å². The minimum Gasteiger partial charge on any atom is -0.490 e. The molecule has 3 aromatic rings.